The van der Waals surface area contributed by atoms with E-state index in [0.29, 0.717) is 0 Å². The van der Waals surface area contributed by atoms with Crippen LogP contribution < -0.4 is 0 Å². The highest BCUT2D eigenvalue weighted by Crippen LogP contribution is 2.41. The SMILES string of the molecule is c1ccc(-c2cccc(-c3cccc(-n4c5ccccc5c5ccc6c7ccccc7n(-c7ccccc7)c6c54)c3)n2)cc1. The van der Waals surface area contributed by atoms with E-state index in [2.05, 4.69) is 167 Å². The number of nitrogens with zero attached hydrogens (tertiary/aromatic N) is 3. The first-order valence-corrected chi connectivity index (χ1v) is 15.0. The summed E-state index contributed by atoms with van der Waals surface area (Å²) < 4.78 is 4.87. The van der Waals surface area contributed by atoms with Gasteiger partial charge in [0.15, 0.2) is 0 Å². The predicted molar refractivity (Wildman–Crippen MR) is 184 cm³/mol. The molecule has 0 fully saturated rings. The number of hydrogen-bond donors (Lipinski definition) is 0. The summed E-state index contributed by atoms with van der Waals surface area (Å²) >= 11 is 0. The van der Waals surface area contributed by atoms with E-state index < -0.39 is 0 Å². The fourth-order valence-corrected chi connectivity index (χ4v) is 6.78. The lowest BCUT2D eigenvalue weighted by atomic mass is 10.1. The second-order valence-electron chi connectivity index (χ2n) is 11.2. The van der Waals surface area contributed by atoms with E-state index >= 15 is 0 Å². The van der Waals surface area contributed by atoms with E-state index in [-0.39, 0.29) is 0 Å². The van der Waals surface area contributed by atoms with Crippen LogP contribution in [0.3, 0.4) is 0 Å². The lowest BCUT2D eigenvalue weighted by Gasteiger charge is -2.13. The summed E-state index contributed by atoms with van der Waals surface area (Å²) in [6.07, 6.45) is 0. The quantitative estimate of drug-likeness (QED) is 0.210. The maximum atomic E-state index is 5.08. The Morgan fingerprint density at radius 3 is 1.48 bits per heavy atom. The van der Waals surface area contributed by atoms with Crippen molar-refractivity contribution in [2.75, 3.05) is 0 Å². The summed E-state index contributed by atoms with van der Waals surface area (Å²) in [5, 5.41) is 4.97. The molecule has 9 rings (SSSR count). The second kappa shape index (κ2) is 9.82. The molecule has 0 saturated carbocycles. The maximum Gasteiger partial charge on any atom is 0.0788 e. The van der Waals surface area contributed by atoms with Gasteiger partial charge < -0.3 is 9.13 Å². The highest BCUT2D eigenvalue weighted by atomic mass is 15.0. The van der Waals surface area contributed by atoms with Crippen LogP contribution in [0.15, 0.2) is 164 Å². The van der Waals surface area contributed by atoms with Gasteiger partial charge in [0.05, 0.1) is 33.5 Å². The zero-order valence-electron chi connectivity index (χ0n) is 23.9. The van der Waals surface area contributed by atoms with Crippen LogP contribution in [0.25, 0.3) is 77.5 Å². The summed E-state index contributed by atoms with van der Waals surface area (Å²) in [7, 11) is 0. The van der Waals surface area contributed by atoms with Gasteiger partial charge in [-0.15, -0.1) is 0 Å². The van der Waals surface area contributed by atoms with E-state index in [4.69, 9.17) is 4.98 Å². The highest BCUT2D eigenvalue weighted by Gasteiger charge is 2.21. The highest BCUT2D eigenvalue weighted by molar-refractivity contribution is 6.23. The van der Waals surface area contributed by atoms with Crippen molar-refractivity contribution in [3.05, 3.63) is 164 Å². The van der Waals surface area contributed by atoms with Gasteiger partial charge in [-0.25, -0.2) is 4.98 Å². The molecule has 0 saturated heterocycles. The monoisotopic (exact) mass is 561 g/mol. The molecular weight excluding hydrogens is 534 g/mol. The Labute approximate surface area is 254 Å². The van der Waals surface area contributed by atoms with Gasteiger partial charge in [-0.3, -0.25) is 0 Å². The largest absolute Gasteiger partial charge is 0.307 e. The van der Waals surface area contributed by atoms with Crippen LogP contribution in [0.5, 0.6) is 0 Å². The molecule has 3 heterocycles. The number of pyridine rings is 1. The Bertz CT molecular complexity index is 2480. The van der Waals surface area contributed by atoms with Crippen molar-refractivity contribution in [3.63, 3.8) is 0 Å². The van der Waals surface area contributed by atoms with Crippen molar-refractivity contribution < 1.29 is 0 Å². The molecule has 3 aromatic heterocycles. The van der Waals surface area contributed by atoms with Gasteiger partial charge in [-0.2, -0.15) is 0 Å². The Balaban J connectivity index is 1.36. The van der Waals surface area contributed by atoms with Crippen molar-refractivity contribution in [1.29, 1.82) is 0 Å². The third-order valence-corrected chi connectivity index (χ3v) is 8.70. The average molecular weight is 562 g/mol. The van der Waals surface area contributed by atoms with E-state index in [0.717, 1.165) is 33.9 Å². The zero-order chi connectivity index (χ0) is 29.0. The van der Waals surface area contributed by atoms with E-state index in [1.165, 1.54) is 43.6 Å². The van der Waals surface area contributed by atoms with Crippen LogP contribution in [-0.4, -0.2) is 14.1 Å². The lowest BCUT2D eigenvalue weighted by molar-refractivity contribution is 1.15. The second-order valence-corrected chi connectivity index (χ2v) is 11.2. The van der Waals surface area contributed by atoms with Crippen LogP contribution in [-0.2, 0) is 0 Å². The fourth-order valence-electron chi connectivity index (χ4n) is 6.78. The first kappa shape index (κ1) is 24.6. The molecule has 0 aliphatic rings. The minimum absolute atomic E-state index is 0.956. The lowest BCUT2D eigenvalue weighted by Crippen LogP contribution is -1.99. The predicted octanol–water partition coefficient (Wildman–Crippen LogP) is 10.6. The van der Waals surface area contributed by atoms with Crippen molar-refractivity contribution in [2.45, 2.75) is 0 Å². The van der Waals surface area contributed by atoms with Crippen molar-refractivity contribution in [2.24, 2.45) is 0 Å². The third kappa shape index (κ3) is 3.73. The number of benzene rings is 6. The fraction of sp³-hybridized carbons (Fsp3) is 0. The van der Waals surface area contributed by atoms with Crippen molar-refractivity contribution in [3.8, 4) is 33.9 Å². The molecule has 0 aliphatic carbocycles. The maximum absolute atomic E-state index is 5.08. The van der Waals surface area contributed by atoms with Crippen LogP contribution in [0.2, 0.25) is 0 Å². The minimum atomic E-state index is 0.956. The van der Waals surface area contributed by atoms with Crippen LogP contribution in [0.1, 0.15) is 0 Å². The third-order valence-electron chi connectivity index (χ3n) is 8.70. The number of fused-ring (bicyclic) bond motifs is 7. The molecule has 0 spiro atoms. The van der Waals surface area contributed by atoms with E-state index in [1.54, 1.807) is 0 Å². The van der Waals surface area contributed by atoms with Crippen LogP contribution in [0, 0.1) is 0 Å². The normalized spacial score (nSPS) is 11.6. The molecular formula is C41H27N3. The van der Waals surface area contributed by atoms with Gasteiger partial charge in [-0.1, -0.05) is 115 Å². The van der Waals surface area contributed by atoms with Crippen LogP contribution in [0.4, 0.5) is 0 Å². The summed E-state index contributed by atoms with van der Waals surface area (Å²) in [6, 6.07) is 58.2. The summed E-state index contributed by atoms with van der Waals surface area (Å²) in [6.45, 7) is 0. The Morgan fingerprint density at radius 1 is 0.341 bits per heavy atom. The molecule has 0 atom stereocenters. The Hall–Kier alpha value is -5.93. The number of para-hydroxylation sites is 3. The average Bonchev–Trinajstić information content (AvgIpc) is 3.62. The summed E-state index contributed by atoms with van der Waals surface area (Å²) in [5.41, 5.74) is 11.2. The van der Waals surface area contributed by atoms with Gasteiger partial charge in [-0.05, 0) is 48.5 Å². The molecule has 9 aromatic rings. The number of aromatic nitrogens is 3. The van der Waals surface area contributed by atoms with E-state index in [1.807, 2.05) is 6.07 Å². The standard InChI is InChI=1S/C41H27N3/c1-3-13-28(14-4-1)36-21-12-22-37(42-36)29-15-11-18-31(27-29)44-39-24-10-8-20-33(39)35-26-25-34-32-19-7-9-23-38(32)43(40(34)41(35)44)30-16-5-2-6-17-30/h1-27H. The minimum Gasteiger partial charge on any atom is -0.307 e. The molecule has 3 heteroatoms. The van der Waals surface area contributed by atoms with Gasteiger partial charge in [0.25, 0.3) is 0 Å². The van der Waals surface area contributed by atoms with Crippen LogP contribution >= 0.6 is 0 Å². The topological polar surface area (TPSA) is 22.8 Å². The first-order valence-electron chi connectivity index (χ1n) is 15.0. The molecule has 6 aromatic carbocycles. The number of rotatable bonds is 4. The van der Waals surface area contributed by atoms with Gasteiger partial charge in [0.1, 0.15) is 0 Å². The molecule has 0 amide bonds. The van der Waals surface area contributed by atoms with Gasteiger partial charge in [0, 0.05) is 44.0 Å². The molecule has 0 unspecified atom stereocenters. The summed E-state index contributed by atoms with van der Waals surface area (Å²) in [4.78, 5) is 5.08. The molecule has 0 radical (unpaired) electrons. The summed E-state index contributed by atoms with van der Waals surface area (Å²) in [5.74, 6) is 0. The van der Waals surface area contributed by atoms with Crippen molar-refractivity contribution in [1.82, 2.24) is 14.1 Å². The van der Waals surface area contributed by atoms with Gasteiger partial charge >= 0.3 is 0 Å². The first-order chi connectivity index (χ1) is 21.8. The van der Waals surface area contributed by atoms with E-state index in [9.17, 15) is 0 Å². The van der Waals surface area contributed by atoms with Crippen molar-refractivity contribution >= 4 is 43.6 Å². The Kier molecular flexibility index (Phi) is 5.50. The molecule has 44 heavy (non-hydrogen) atoms. The number of hydrogen-bond acceptors (Lipinski definition) is 1. The van der Waals surface area contributed by atoms with Gasteiger partial charge in [0.2, 0.25) is 0 Å². The molecule has 0 N–H and O–H groups in total. The molecule has 0 aliphatic heterocycles. The molecule has 206 valence electrons. The molecule has 3 nitrogen and oxygen atoms in total. The Morgan fingerprint density at radius 2 is 0.818 bits per heavy atom. The zero-order valence-corrected chi connectivity index (χ0v) is 23.9. The molecule has 0 bridgehead atoms. The smallest absolute Gasteiger partial charge is 0.0788 e.